The highest BCUT2D eigenvalue weighted by Gasteiger charge is 2.11. The van der Waals surface area contributed by atoms with Crippen LogP contribution < -0.4 is 5.73 Å². The summed E-state index contributed by atoms with van der Waals surface area (Å²) in [6.07, 6.45) is 0. The normalized spacial score (nSPS) is 10.6. The Hall–Kier alpha value is -1.21. The quantitative estimate of drug-likeness (QED) is 0.857. The van der Waals surface area contributed by atoms with Gasteiger partial charge in [0.25, 0.3) is 0 Å². The molecule has 1 heterocycles. The molecule has 94 valence electrons. The van der Waals surface area contributed by atoms with E-state index >= 15 is 0 Å². The van der Waals surface area contributed by atoms with Crippen molar-refractivity contribution in [3.05, 3.63) is 39.7 Å². The Kier molecular flexibility index (Phi) is 4.48. The van der Waals surface area contributed by atoms with Crippen molar-refractivity contribution in [1.82, 2.24) is 9.97 Å². The molecule has 5 heteroatoms. The van der Waals surface area contributed by atoms with Gasteiger partial charge < -0.3 is 10.5 Å². The third-order valence-electron chi connectivity index (χ3n) is 2.41. The topological polar surface area (TPSA) is 61.0 Å². The number of hydrogen-bond acceptors (Lipinski definition) is 4. The second kappa shape index (κ2) is 6.10. The van der Waals surface area contributed by atoms with Crippen LogP contribution in [-0.4, -0.2) is 16.6 Å². The molecule has 0 atom stereocenters. The lowest BCUT2D eigenvalue weighted by atomic mass is 10.1. The number of hydrogen-bond donors (Lipinski definition) is 1. The molecule has 0 aliphatic rings. The maximum atomic E-state index is 5.92. The molecular formula is C13H14IN3O. The van der Waals surface area contributed by atoms with Crippen molar-refractivity contribution in [2.45, 2.75) is 13.5 Å². The molecular weight excluding hydrogens is 341 g/mol. The number of rotatable bonds is 4. The Bertz CT molecular complexity index is 531. The lowest BCUT2D eigenvalue weighted by Crippen LogP contribution is -2.06. The predicted octanol–water partition coefficient (Wildman–Crippen LogP) is 2.87. The Morgan fingerprint density at radius 1 is 1.22 bits per heavy atom. The summed E-state index contributed by atoms with van der Waals surface area (Å²) in [7, 11) is 0. The highest BCUT2D eigenvalue weighted by atomic mass is 127. The van der Waals surface area contributed by atoms with Crippen LogP contribution in [0.2, 0.25) is 0 Å². The van der Waals surface area contributed by atoms with Gasteiger partial charge in [-0.05, 0) is 29.5 Å². The molecule has 0 bridgehead atoms. The number of nitrogens with zero attached hydrogens (tertiary/aromatic N) is 2. The van der Waals surface area contributed by atoms with Crippen molar-refractivity contribution in [3.8, 4) is 11.3 Å². The van der Waals surface area contributed by atoms with Crippen molar-refractivity contribution in [1.29, 1.82) is 0 Å². The summed E-state index contributed by atoms with van der Waals surface area (Å²) in [4.78, 5) is 8.75. The van der Waals surface area contributed by atoms with Crippen molar-refractivity contribution in [2.24, 2.45) is 0 Å². The molecule has 0 unspecified atom stereocenters. The van der Waals surface area contributed by atoms with Crippen LogP contribution in [0.25, 0.3) is 11.3 Å². The minimum Gasteiger partial charge on any atom is -0.383 e. The van der Waals surface area contributed by atoms with E-state index in [4.69, 9.17) is 10.5 Å². The van der Waals surface area contributed by atoms with Crippen molar-refractivity contribution >= 4 is 28.4 Å². The zero-order valence-electron chi connectivity index (χ0n) is 10.1. The van der Waals surface area contributed by atoms with Gasteiger partial charge in [-0.1, -0.05) is 30.3 Å². The number of anilines is 1. The average Bonchev–Trinajstić information content (AvgIpc) is 2.41. The van der Waals surface area contributed by atoms with E-state index in [2.05, 4.69) is 32.6 Å². The SMILES string of the molecule is CCOCc1nc(N)c(I)c(-c2ccccc2)n1. The van der Waals surface area contributed by atoms with Crippen LogP contribution in [0.3, 0.4) is 0 Å². The van der Waals surface area contributed by atoms with Gasteiger partial charge in [-0.15, -0.1) is 0 Å². The number of benzene rings is 1. The van der Waals surface area contributed by atoms with E-state index in [0.717, 1.165) is 14.8 Å². The van der Waals surface area contributed by atoms with Crippen molar-refractivity contribution < 1.29 is 4.74 Å². The van der Waals surface area contributed by atoms with Gasteiger partial charge in [0.2, 0.25) is 0 Å². The van der Waals surface area contributed by atoms with E-state index in [1.807, 2.05) is 37.3 Å². The highest BCUT2D eigenvalue weighted by Crippen LogP contribution is 2.26. The van der Waals surface area contributed by atoms with Crippen molar-refractivity contribution in [2.75, 3.05) is 12.3 Å². The summed E-state index contributed by atoms with van der Waals surface area (Å²) in [6.45, 7) is 2.96. The molecule has 2 aromatic rings. The molecule has 0 spiro atoms. The molecule has 0 saturated carbocycles. The molecule has 0 aliphatic heterocycles. The van der Waals surface area contributed by atoms with E-state index in [1.54, 1.807) is 0 Å². The largest absolute Gasteiger partial charge is 0.383 e. The van der Waals surface area contributed by atoms with Gasteiger partial charge in [-0.2, -0.15) is 0 Å². The molecule has 18 heavy (non-hydrogen) atoms. The molecule has 2 N–H and O–H groups in total. The Labute approximate surface area is 120 Å². The third kappa shape index (κ3) is 2.97. The molecule has 0 fully saturated rings. The second-order valence-corrected chi connectivity index (χ2v) is 4.77. The Morgan fingerprint density at radius 3 is 2.61 bits per heavy atom. The summed E-state index contributed by atoms with van der Waals surface area (Å²) in [5.41, 5.74) is 7.81. The summed E-state index contributed by atoms with van der Waals surface area (Å²) >= 11 is 2.17. The number of nitrogen functional groups attached to an aromatic ring is 1. The van der Waals surface area contributed by atoms with Gasteiger partial charge in [0.05, 0.1) is 9.26 Å². The maximum Gasteiger partial charge on any atom is 0.157 e. The van der Waals surface area contributed by atoms with E-state index in [1.165, 1.54) is 0 Å². The first-order chi connectivity index (χ1) is 8.72. The number of halogens is 1. The van der Waals surface area contributed by atoms with Crippen LogP contribution in [0, 0.1) is 3.57 Å². The van der Waals surface area contributed by atoms with Crippen LogP contribution in [-0.2, 0) is 11.3 Å². The molecule has 0 aliphatic carbocycles. The minimum absolute atomic E-state index is 0.386. The van der Waals surface area contributed by atoms with Crippen LogP contribution in [0.5, 0.6) is 0 Å². The van der Waals surface area contributed by atoms with Gasteiger partial charge in [-0.25, -0.2) is 9.97 Å². The van der Waals surface area contributed by atoms with Crippen LogP contribution in [0.15, 0.2) is 30.3 Å². The first-order valence-electron chi connectivity index (χ1n) is 5.67. The molecule has 2 rings (SSSR count). The molecule has 0 radical (unpaired) electrons. The van der Waals surface area contributed by atoms with Crippen LogP contribution in [0.1, 0.15) is 12.7 Å². The first kappa shape index (κ1) is 13.2. The second-order valence-electron chi connectivity index (χ2n) is 3.69. The van der Waals surface area contributed by atoms with E-state index in [-0.39, 0.29) is 0 Å². The van der Waals surface area contributed by atoms with Gasteiger partial charge >= 0.3 is 0 Å². The molecule has 4 nitrogen and oxygen atoms in total. The summed E-state index contributed by atoms with van der Waals surface area (Å²) in [5.74, 6) is 1.12. The fraction of sp³-hybridized carbons (Fsp3) is 0.231. The molecule has 0 saturated heterocycles. The van der Waals surface area contributed by atoms with Gasteiger partial charge in [-0.3, -0.25) is 0 Å². The van der Waals surface area contributed by atoms with E-state index in [9.17, 15) is 0 Å². The summed E-state index contributed by atoms with van der Waals surface area (Å²) in [5, 5.41) is 0. The molecule has 1 aromatic heterocycles. The van der Waals surface area contributed by atoms with Crippen molar-refractivity contribution in [3.63, 3.8) is 0 Å². The predicted molar refractivity (Wildman–Crippen MR) is 79.9 cm³/mol. The van der Waals surface area contributed by atoms with E-state index < -0.39 is 0 Å². The van der Waals surface area contributed by atoms with Gasteiger partial charge in [0.1, 0.15) is 12.4 Å². The number of aromatic nitrogens is 2. The standard InChI is InChI=1S/C13H14IN3O/c1-2-18-8-10-16-12(11(14)13(15)17-10)9-6-4-3-5-7-9/h3-7H,2,8H2,1H3,(H2,15,16,17). The summed E-state index contributed by atoms with van der Waals surface area (Å²) in [6, 6.07) is 9.95. The van der Waals surface area contributed by atoms with Gasteiger partial charge in [0.15, 0.2) is 5.82 Å². The minimum atomic E-state index is 0.386. The van der Waals surface area contributed by atoms with Crippen LogP contribution in [0.4, 0.5) is 5.82 Å². The highest BCUT2D eigenvalue weighted by molar-refractivity contribution is 14.1. The number of nitrogens with two attached hydrogens (primary N) is 1. The Balaban J connectivity index is 2.43. The monoisotopic (exact) mass is 355 g/mol. The maximum absolute atomic E-state index is 5.92. The lowest BCUT2D eigenvalue weighted by molar-refractivity contribution is 0.128. The van der Waals surface area contributed by atoms with E-state index in [0.29, 0.717) is 24.9 Å². The van der Waals surface area contributed by atoms with Gasteiger partial charge in [0, 0.05) is 12.2 Å². The number of ether oxygens (including phenoxy) is 1. The molecule has 1 aromatic carbocycles. The fourth-order valence-corrected chi connectivity index (χ4v) is 2.11. The lowest BCUT2D eigenvalue weighted by Gasteiger charge is -2.09. The third-order valence-corrected chi connectivity index (χ3v) is 3.47. The van der Waals surface area contributed by atoms with Crippen LogP contribution >= 0.6 is 22.6 Å². The first-order valence-corrected chi connectivity index (χ1v) is 6.75. The zero-order valence-corrected chi connectivity index (χ0v) is 12.2. The zero-order chi connectivity index (χ0) is 13.0. The average molecular weight is 355 g/mol. The summed E-state index contributed by atoms with van der Waals surface area (Å²) < 4.78 is 6.20. The smallest absolute Gasteiger partial charge is 0.157 e. The fourth-order valence-electron chi connectivity index (χ4n) is 1.56. The molecule has 0 amide bonds. The Morgan fingerprint density at radius 2 is 1.94 bits per heavy atom.